The number of amides is 3. The molecule has 2 aromatic rings. The lowest BCUT2D eigenvalue weighted by Crippen LogP contribution is -2.59. The molecule has 0 radical (unpaired) electrons. The van der Waals surface area contributed by atoms with E-state index in [-0.39, 0.29) is 11.3 Å². The summed E-state index contributed by atoms with van der Waals surface area (Å²) in [6.07, 6.45) is 1.29. The van der Waals surface area contributed by atoms with Crippen molar-refractivity contribution >= 4 is 35.4 Å². The summed E-state index contributed by atoms with van der Waals surface area (Å²) in [4.78, 5) is 41.1. The number of ether oxygens (including phenoxy) is 3. The highest BCUT2D eigenvalue weighted by Gasteiger charge is 2.46. The van der Waals surface area contributed by atoms with Crippen LogP contribution in [-0.2, 0) is 9.59 Å². The Morgan fingerprint density at radius 3 is 2.09 bits per heavy atom. The molecule has 3 rings (SSSR count). The third kappa shape index (κ3) is 4.52. The minimum atomic E-state index is -1.31. The van der Waals surface area contributed by atoms with Crippen LogP contribution in [0, 0.1) is 0 Å². The van der Waals surface area contributed by atoms with Gasteiger partial charge in [-0.05, 0) is 43.3 Å². The number of primary amides is 1. The maximum absolute atomic E-state index is 12.8. The predicted molar refractivity (Wildman–Crippen MR) is 122 cm³/mol. The smallest absolute Gasteiger partial charge is 0.259 e. The number of hydrogen-bond acceptors (Lipinski definition) is 8. The van der Waals surface area contributed by atoms with Crippen molar-refractivity contribution < 1.29 is 28.6 Å². The number of hydrogen-bond donors (Lipinski definition) is 4. The Labute approximate surface area is 190 Å². The number of methoxy groups -OCH3 is 3. The van der Waals surface area contributed by atoms with E-state index in [1.54, 1.807) is 36.4 Å². The third-order valence-corrected chi connectivity index (χ3v) is 5.25. The number of rotatable bonds is 8. The molecule has 33 heavy (non-hydrogen) atoms. The number of nitrogens with two attached hydrogens (primary N) is 1. The standard InChI is InChI=1S/C22H25N5O6/c1-22(21(23)30)18(24-11-25-22)20(29)27-13-7-5-12(6-8-13)26-19(28)14-9-10-15(31-2)17(33-4)16(14)32-3/h5-11,18H,1-4H3,(H2,23,30)(H,24,25)(H,26,28)(H,27,29). The first-order valence-corrected chi connectivity index (χ1v) is 9.85. The van der Waals surface area contributed by atoms with Gasteiger partial charge in [-0.15, -0.1) is 0 Å². The summed E-state index contributed by atoms with van der Waals surface area (Å²) in [6.45, 7) is 1.51. The average molecular weight is 455 g/mol. The molecule has 2 aromatic carbocycles. The highest BCUT2D eigenvalue weighted by molar-refractivity contribution is 6.07. The first kappa shape index (κ1) is 23.4. The fourth-order valence-corrected chi connectivity index (χ4v) is 3.34. The molecular formula is C22H25N5O6. The highest BCUT2D eigenvalue weighted by atomic mass is 16.5. The van der Waals surface area contributed by atoms with Crippen molar-refractivity contribution in [2.45, 2.75) is 18.5 Å². The maximum atomic E-state index is 12.8. The first-order chi connectivity index (χ1) is 15.7. The minimum Gasteiger partial charge on any atom is -0.493 e. The molecule has 0 bridgehead atoms. The van der Waals surface area contributed by atoms with Crippen LogP contribution in [0.5, 0.6) is 17.2 Å². The van der Waals surface area contributed by atoms with Crippen molar-refractivity contribution in [2.24, 2.45) is 10.7 Å². The lowest BCUT2D eigenvalue weighted by molar-refractivity contribution is -0.128. The van der Waals surface area contributed by atoms with Crippen molar-refractivity contribution in [1.29, 1.82) is 0 Å². The molecule has 3 amide bonds. The Morgan fingerprint density at radius 2 is 1.55 bits per heavy atom. The van der Waals surface area contributed by atoms with Gasteiger partial charge < -0.3 is 35.9 Å². The van der Waals surface area contributed by atoms with Gasteiger partial charge in [-0.2, -0.15) is 0 Å². The molecule has 0 fully saturated rings. The summed E-state index contributed by atoms with van der Waals surface area (Å²) in [6, 6.07) is 8.60. The molecule has 2 unspecified atom stereocenters. The molecule has 2 atom stereocenters. The zero-order valence-electron chi connectivity index (χ0n) is 18.6. The summed E-state index contributed by atoms with van der Waals surface area (Å²) in [7, 11) is 4.37. The molecular weight excluding hydrogens is 430 g/mol. The van der Waals surface area contributed by atoms with Crippen LogP contribution < -0.4 is 35.9 Å². The molecule has 0 aliphatic carbocycles. The van der Waals surface area contributed by atoms with Crippen molar-refractivity contribution in [3.63, 3.8) is 0 Å². The van der Waals surface area contributed by atoms with E-state index >= 15 is 0 Å². The maximum Gasteiger partial charge on any atom is 0.259 e. The molecule has 1 heterocycles. The van der Waals surface area contributed by atoms with Crippen LogP contribution in [0.1, 0.15) is 17.3 Å². The molecule has 0 saturated carbocycles. The van der Waals surface area contributed by atoms with Crippen LogP contribution in [0.25, 0.3) is 0 Å². The van der Waals surface area contributed by atoms with E-state index < -0.39 is 29.3 Å². The third-order valence-electron chi connectivity index (χ3n) is 5.25. The van der Waals surface area contributed by atoms with Crippen LogP contribution >= 0.6 is 0 Å². The summed E-state index contributed by atoms with van der Waals surface area (Å²) >= 11 is 0. The molecule has 0 spiro atoms. The van der Waals surface area contributed by atoms with E-state index in [1.165, 1.54) is 34.6 Å². The van der Waals surface area contributed by atoms with Gasteiger partial charge >= 0.3 is 0 Å². The van der Waals surface area contributed by atoms with Gasteiger partial charge in [0.15, 0.2) is 17.5 Å². The van der Waals surface area contributed by atoms with E-state index in [4.69, 9.17) is 19.9 Å². The van der Waals surface area contributed by atoms with E-state index in [9.17, 15) is 14.4 Å². The zero-order valence-corrected chi connectivity index (χ0v) is 18.6. The number of benzene rings is 2. The van der Waals surface area contributed by atoms with Gasteiger partial charge in [-0.3, -0.25) is 19.4 Å². The SMILES string of the molecule is COc1ccc(C(=O)Nc2ccc(NC(=O)C3N=CNC3(C)C(N)=O)cc2)c(OC)c1OC. The van der Waals surface area contributed by atoms with Gasteiger partial charge in [0.05, 0.1) is 33.2 Å². The fraction of sp³-hybridized carbons (Fsp3) is 0.273. The second-order valence-electron chi connectivity index (χ2n) is 7.29. The summed E-state index contributed by atoms with van der Waals surface area (Å²) < 4.78 is 15.9. The molecule has 11 heteroatoms. The van der Waals surface area contributed by atoms with E-state index in [1.807, 2.05) is 0 Å². The number of carbonyl (C=O) groups is 3. The van der Waals surface area contributed by atoms with Gasteiger partial charge in [0.25, 0.3) is 11.8 Å². The zero-order chi connectivity index (χ0) is 24.2. The number of carbonyl (C=O) groups excluding carboxylic acids is 3. The summed E-state index contributed by atoms with van der Waals surface area (Å²) in [5.74, 6) is -0.638. The fourth-order valence-electron chi connectivity index (χ4n) is 3.34. The second kappa shape index (κ2) is 9.47. The highest BCUT2D eigenvalue weighted by Crippen LogP contribution is 2.40. The molecule has 0 aromatic heterocycles. The average Bonchev–Trinajstić information content (AvgIpc) is 3.22. The topological polar surface area (TPSA) is 153 Å². The normalized spacial score (nSPS) is 18.7. The largest absolute Gasteiger partial charge is 0.493 e. The Balaban J connectivity index is 1.71. The van der Waals surface area contributed by atoms with Crippen molar-refractivity contribution in [2.75, 3.05) is 32.0 Å². The number of nitrogens with one attached hydrogen (secondary N) is 3. The molecule has 1 aliphatic heterocycles. The Hall–Kier alpha value is -4.28. The Bertz CT molecular complexity index is 1100. The molecule has 174 valence electrons. The minimum absolute atomic E-state index is 0.237. The number of aliphatic imine (C=N–C) groups is 1. The lowest BCUT2D eigenvalue weighted by atomic mass is 9.92. The number of anilines is 2. The Kier molecular flexibility index (Phi) is 6.71. The van der Waals surface area contributed by atoms with Crippen molar-refractivity contribution in [3.05, 3.63) is 42.0 Å². The van der Waals surface area contributed by atoms with Gasteiger partial charge in [-0.25, -0.2) is 0 Å². The number of nitrogens with zero attached hydrogens (tertiary/aromatic N) is 1. The van der Waals surface area contributed by atoms with Crippen LogP contribution in [0.4, 0.5) is 11.4 Å². The predicted octanol–water partition coefficient (Wildman–Crippen LogP) is 1.15. The van der Waals surface area contributed by atoms with E-state index in [0.717, 1.165) is 0 Å². The lowest BCUT2D eigenvalue weighted by Gasteiger charge is -2.26. The molecule has 0 saturated heterocycles. The van der Waals surface area contributed by atoms with E-state index in [2.05, 4.69) is 20.9 Å². The van der Waals surface area contributed by atoms with Gasteiger partial charge in [-0.1, -0.05) is 0 Å². The van der Waals surface area contributed by atoms with E-state index in [0.29, 0.717) is 22.9 Å². The second-order valence-corrected chi connectivity index (χ2v) is 7.29. The quantitative estimate of drug-likeness (QED) is 0.466. The first-order valence-electron chi connectivity index (χ1n) is 9.85. The Morgan fingerprint density at radius 1 is 0.939 bits per heavy atom. The summed E-state index contributed by atoms with van der Waals surface area (Å²) in [5.41, 5.74) is 5.28. The van der Waals surface area contributed by atoms with Gasteiger partial charge in [0.1, 0.15) is 5.54 Å². The van der Waals surface area contributed by atoms with Crippen LogP contribution in [-0.4, -0.2) is 57.0 Å². The van der Waals surface area contributed by atoms with Crippen LogP contribution in [0.15, 0.2) is 41.4 Å². The van der Waals surface area contributed by atoms with Crippen molar-refractivity contribution in [3.8, 4) is 17.2 Å². The molecule has 5 N–H and O–H groups in total. The van der Waals surface area contributed by atoms with Crippen molar-refractivity contribution in [1.82, 2.24) is 5.32 Å². The van der Waals surface area contributed by atoms with Crippen LogP contribution in [0.3, 0.4) is 0 Å². The molecule has 1 aliphatic rings. The monoisotopic (exact) mass is 455 g/mol. The van der Waals surface area contributed by atoms with Gasteiger partial charge in [0.2, 0.25) is 11.7 Å². The molecule has 11 nitrogen and oxygen atoms in total. The summed E-state index contributed by atoms with van der Waals surface area (Å²) in [5, 5.41) is 8.17. The van der Waals surface area contributed by atoms with Gasteiger partial charge in [0, 0.05) is 11.4 Å². The van der Waals surface area contributed by atoms with Crippen LogP contribution in [0.2, 0.25) is 0 Å².